The van der Waals surface area contributed by atoms with E-state index in [9.17, 15) is 9.90 Å². The third-order valence-corrected chi connectivity index (χ3v) is 3.46. The lowest BCUT2D eigenvalue weighted by Crippen LogP contribution is -2.12. The highest BCUT2D eigenvalue weighted by Crippen LogP contribution is 2.27. The van der Waals surface area contributed by atoms with E-state index in [1.165, 1.54) is 6.07 Å². The Balaban J connectivity index is 2.28. The first-order valence-corrected chi connectivity index (χ1v) is 6.71. The first-order chi connectivity index (χ1) is 8.58. The van der Waals surface area contributed by atoms with E-state index in [0.717, 1.165) is 4.47 Å². The molecule has 2 N–H and O–H groups in total. The molecule has 0 aliphatic rings. The monoisotopic (exact) mass is 369 g/mol. The predicted molar refractivity (Wildman–Crippen MR) is 77.9 cm³/mol. The van der Waals surface area contributed by atoms with E-state index >= 15 is 0 Å². The van der Waals surface area contributed by atoms with E-state index < -0.39 is 0 Å². The molecule has 0 spiro atoms. The molecule has 0 radical (unpaired) electrons. The summed E-state index contributed by atoms with van der Waals surface area (Å²) in [7, 11) is 0. The lowest BCUT2D eigenvalue weighted by Gasteiger charge is -2.08. The van der Waals surface area contributed by atoms with Crippen LogP contribution >= 0.6 is 31.9 Å². The molecule has 0 saturated carbocycles. The molecule has 18 heavy (non-hydrogen) atoms. The number of phenols is 1. The first-order valence-electron chi connectivity index (χ1n) is 5.12. The third kappa shape index (κ3) is 2.91. The van der Waals surface area contributed by atoms with Crippen molar-refractivity contribution in [3.63, 3.8) is 0 Å². The molecule has 0 aliphatic heterocycles. The smallest absolute Gasteiger partial charge is 0.260 e. The van der Waals surface area contributed by atoms with Gasteiger partial charge in [-0.25, -0.2) is 0 Å². The Labute approximate surface area is 121 Å². The molecule has 0 aliphatic carbocycles. The molecular weight excluding hydrogens is 362 g/mol. The molecule has 5 heteroatoms. The van der Waals surface area contributed by atoms with Gasteiger partial charge in [-0.05, 0) is 46.3 Å². The quantitative estimate of drug-likeness (QED) is 0.833. The van der Waals surface area contributed by atoms with Gasteiger partial charge in [-0.2, -0.15) is 0 Å². The van der Waals surface area contributed by atoms with E-state index in [0.29, 0.717) is 10.2 Å². The lowest BCUT2D eigenvalue weighted by atomic mass is 10.2. The van der Waals surface area contributed by atoms with Crippen LogP contribution in [-0.4, -0.2) is 11.0 Å². The molecule has 0 aromatic heterocycles. The molecule has 2 aromatic rings. The maximum Gasteiger partial charge on any atom is 0.260 e. The summed E-state index contributed by atoms with van der Waals surface area (Å²) in [5.74, 6) is -0.421. The summed E-state index contributed by atoms with van der Waals surface area (Å²) in [6, 6.07) is 12.1. The number of carbonyl (C=O) groups excluding carboxylic acids is 1. The fourth-order valence-electron chi connectivity index (χ4n) is 1.50. The van der Waals surface area contributed by atoms with Gasteiger partial charge < -0.3 is 10.4 Å². The highest BCUT2D eigenvalue weighted by molar-refractivity contribution is 9.10. The summed E-state index contributed by atoms with van der Waals surface area (Å²) in [6.45, 7) is 0. The van der Waals surface area contributed by atoms with Crippen LogP contribution in [-0.2, 0) is 0 Å². The van der Waals surface area contributed by atoms with Crippen LogP contribution in [0.2, 0.25) is 0 Å². The minimum atomic E-state index is -0.363. The molecule has 2 rings (SSSR count). The summed E-state index contributed by atoms with van der Waals surface area (Å²) in [5.41, 5.74) is 0.877. The Morgan fingerprint density at radius 2 is 1.83 bits per heavy atom. The SMILES string of the molecule is O=C(Nc1cccc(Br)c1)c1c(O)cccc1Br. The molecule has 0 atom stereocenters. The molecule has 2 aromatic carbocycles. The molecular formula is C13H9Br2NO2. The Morgan fingerprint density at radius 3 is 2.50 bits per heavy atom. The number of hydrogen-bond donors (Lipinski definition) is 2. The maximum absolute atomic E-state index is 12.1. The van der Waals surface area contributed by atoms with Gasteiger partial charge in [-0.15, -0.1) is 0 Å². The van der Waals surface area contributed by atoms with Crippen molar-refractivity contribution in [1.29, 1.82) is 0 Å². The van der Waals surface area contributed by atoms with Gasteiger partial charge in [0.25, 0.3) is 5.91 Å². The van der Waals surface area contributed by atoms with Crippen molar-refractivity contribution >= 4 is 43.5 Å². The number of nitrogens with one attached hydrogen (secondary N) is 1. The zero-order valence-corrected chi connectivity index (χ0v) is 12.3. The van der Waals surface area contributed by atoms with E-state index in [1.807, 2.05) is 12.1 Å². The number of phenolic OH excluding ortho intramolecular Hbond substituents is 1. The average Bonchev–Trinajstić information content (AvgIpc) is 2.28. The predicted octanol–water partition coefficient (Wildman–Crippen LogP) is 4.17. The number of rotatable bonds is 2. The number of aromatic hydroxyl groups is 1. The number of carbonyl (C=O) groups is 1. The zero-order valence-electron chi connectivity index (χ0n) is 9.15. The highest BCUT2D eigenvalue weighted by atomic mass is 79.9. The fourth-order valence-corrected chi connectivity index (χ4v) is 2.43. The van der Waals surface area contributed by atoms with E-state index in [4.69, 9.17) is 0 Å². The van der Waals surface area contributed by atoms with Gasteiger partial charge in [0, 0.05) is 14.6 Å². The van der Waals surface area contributed by atoms with Crippen LogP contribution in [0.15, 0.2) is 51.4 Å². The van der Waals surface area contributed by atoms with Crippen LogP contribution in [0.1, 0.15) is 10.4 Å². The van der Waals surface area contributed by atoms with Gasteiger partial charge in [0.2, 0.25) is 0 Å². The summed E-state index contributed by atoms with van der Waals surface area (Å²) in [6.07, 6.45) is 0. The molecule has 92 valence electrons. The Bertz CT molecular complexity index is 579. The van der Waals surface area contributed by atoms with Crippen molar-refractivity contribution in [2.75, 3.05) is 5.32 Å². The number of hydrogen-bond acceptors (Lipinski definition) is 2. The average molecular weight is 371 g/mol. The highest BCUT2D eigenvalue weighted by Gasteiger charge is 2.14. The summed E-state index contributed by atoms with van der Waals surface area (Å²) in [4.78, 5) is 12.1. The fraction of sp³-hybridized carbons (Fsp3) is 0. The van der Waals surface area contributed by atoms with Crippen LogP contribution in [0.25, 0.3) is 0 Å². The molecule has 0 saturated heterocycles. The maximum atomic E-state index is 12.1. The molecule has 1 amide bonds. The van der Waals surface area contributed by atoms with Crippen molar-refractivity contribution in [2.24, 2.45) is 0 Å². The van der Waals surface area contributed by atoms with E-state index in [-0.39, 0.29) is 17.2 Å². The summed E-state index contributed by atoms with van der Waals surface area (Å²) >= 11 is 6.57. The van der Waals surface area contributed by atoms with Crippen LogP contribution in [0, 0.1) is 0 Å². The number of benzene rings is 2. The second-order valence-electron chi connectivity index (χ2n) is 3.60. The lowest BCUT2D eigenvalue weighted by molar-refractivity contribution is 0.102. The first kappa shape index (κ1) is 13.1. The van der Waals surface area contributed by atoms with Gasteiger partial charge in [0.05, 0.1) is 5.56 Å². The van der Waals surface area contributed by atoms with Crippen molar-refractivity contribution in [3.8, 4) is 5.75 Å². The number of halogens is 2. The van der Waals surface area contributed by atoms with Gasteiger partial charge in [0.1, 0.15) is 5.75 Å². The zero-order chi connectivity index (χ0) is 13.1. The standard InChI is InChI=1S/C13H9Br2NO2/c14-8-3-1-4-9(7-8)16-13(18)12-10(15)5-2-6-11(12)17/h1-7,17H,(H,16,18). The third-order valence-electron chi connectivity index (χ3n) is 2.30. The molecule has 0 fully saturated rings. The Hall–Kier alpha value is -1.33. The summed E-state index contributed by atoms with van der Waals surface area (Å²) in [5, 5.41) is 12.4. The van der Waals surface area contributed by atoms with Gasteiger partial charge in [0.15, 0.2) is 0 Å². The second kappa shape index (κ2) is 5.54. The van der Waals surface area contributed by atoms with Gasteiger partial charge in [-0.1, -0.05) is 28.1 Å². The Kier molecular flexibility index (Phi) is 4.04. The topological polar surface area (TPSA) is 49.3 Å². The number of anilines is 1. The minimum Gasteiger partial charge on any atom is -0.507 e. The largest absolute Gasteiger partial charge is 0.507 e. The van der Waals surface area contributed by atoms with Crippen LogP contribution in [0.4, 0.5) is 5.69 Å². The van der Waals surface area contributed by atoms with Gasteiger partial charge >= 0.3 is 0 Å². The van der Waals surface area contributed by atoms with Crippen molar-refractivity contribution in [1.82, 2.24) is 0 Å². The Morgan fingerprint density at radius 1 is 1.11 bits per heavy atom. The van der Waals surface area contributed by atoms with Crippen molar-refractivity contribution < 1.29 is 9.90 Å². The molecule has 0 bridgehead atoms. The van der Waals surface area contributed by atoms with Crippen LogP contribution < -0.4 is 5.32 Å². The molecule has 3 nitrogen and oxygen atoms in total. The van der Waals surface area contributed by atoms with Gasteiger partial charge in [-0.3, -0.25) is 4.79 Å². The molecule has 0 heterocycles. The number of amides is 1. The van der Waals surface area contributed by atoms with E-state index in [2.05, 4.69) is 37.2 Å². The molecule has 0 unspecified atom stereocenters. The second-order valence-corrected chi connectivity index (χ2v) is 5.37. The van der Waals surface area contributed by atoms with Crippen LogP contribution in [0.5, 0.6) is 5.75 Å². The minimum absolute atomic E-state index is 0.0585. The van der Waals surface area contributed by atoms with Crippen molar-refractivity contribution in [2.45, 2.75) is 0 Å². The van der Waals surface area contributed by atoms with Crippen LogP contribution in [0.3, 0.4) is 0 Å². The normalized spacial score (nSPS) is 10.1. The van der Waals surface area contributed by atoms with E-state index in [1.54, 1.807) is 24.3 Å². The van der Waals surface area contributed by atoms with Crippen molar-refractivity contribution in [3.05, 3.63) is 57.0 Å². The summed E-state index contributed by atoms with van der Waals surface area (Å²) < 4.78 is 1.42.